The van der Waals surface area contributed by atoms with Crippen molar-refractivity contribution < 1.29 is 8.42 Å². The Hall–Kier alpha value is -0.870. The lowest BCUT2D eigenvalue weighted by molar-refractivity contribution is 0.210. The second-order valence-corrected chi connectivity index (χ2v) is 9.54. The van der Waals surface area contributed by atoms with E-state index < -0.39 is 9.84 Å². The fourth-order valence-electron chi connectivity index (χ4n) is 4.46. The Morgan fingerprint density at radius 3 is 2.78 bits per heavy atom. The van der Waals surface area contributed by atoms with Crippen LogP contribution in [0.4, 0.5) is 0 Å². The zero-order valence-electron chi connectivity index (χ0n) is 14.2. The Bertz CT molecular complexity index is 626. The van der Waals surface area contributed by atoms with Gasteiger partial charge in [-0.15, -0.1) is 0 Å². The van der Waals surface area contributed by atoms with Crippen LogP contribution in [0.5, 0.6) is 0 Å². The van der Waals surface area contributed by atoms with E-state index in [1.54, 1.807) is 11.1 Å². The highest BCUT2D eigenvalue weighted by Gasteiger charge is 2.34. The Kier molecular flexibility index (Phi) is 5.42. The third-order valence-electron chi connectivity index (χ3n) is 5.50. The van der Waals surface area contributed by atoms with Gasteiger partial charge in [-0.25, -0.2) is 8.42 Å². The van der Waals surface area contributed by atoms with Gasteiger partial charge in [0.25, 0.3) is 0 Å². The van der Waals surface area contributed by atoms with E-state index in [1.807, 2.05) is 0 Å². The number of nitrogens with zero attached hydrogens (tertiary/aromatic N) is 1. The van der Waals surface area contributed by atoms with Crippen molar-refractivity contribution in [1.82, 2.24) is 4.90 Å². The summed E-state index contributed by atoms with van der Waals surface area (Å²) >= 11 is 0. The van der Waals surface area contributed by atoms with Crippen LogP contribution in [0.2, 0.25) is 0 Å². The van der Waals surface area contributed by atoms with Crippen LogP contribution in [0, 0.1) is 0 Å². The Balaban J connectivity index is 1.61. The van der Waals surface area contributed by atoms with Crippen LogP contribution >= 0.6 is 0 Å². The minimum Gasteiger partial charge on any atom is -0.300 e. The zero-order valence-corrected chi connectivity index (χ0v) is 15.0. The summed E-state index contributed by atoms with van der Waals surface area (Å²) in [5.74, 6) is 1.01. The third kappa shape index (κ3) is 4.36. The Labute approximate surface area is 141 Å². The van der Waals surface area contributed by atoms with Crippen LogP contribution in [-0.4, -0.2) is 44.5 Å². The van der Waals surface area contributed by atoms with Gasteiger partial charge in [-0.3, -0.25) is 4.90 Å². The minimum absolute atomic E-state index is 0.331. The van der Waals surface area contributed by atoms with Crippen molar-refractivity contribution in [3.05, 3.63) is 35.4 Å². The van der Waals surface area contributed by atoms with Gasteiger partial charge in [-0.05, 0) is 75.1 Å². The van der Waals surface area contributed by atoms with Crippen LogP contribution in [0.15, 0.2) is 24.3 Å². The highest BCUT2D eigenvalue weighted by Crippen LogP contribution is 2.39. The van der Waals surface area contributed by atoms with E-state index in [9.17, 15) is 8.42 Å². The lowest BCUT2D eigenvalue weighted by atomic mass is 9.78. The first-order valence-electron chi connectivity index (χ1n) is 9.04. The lowest BCUT2D eigenvalue weighted by Crippen LogP contribution is -2.36. The van der Waals surface area contributed by atoms with Crippen molar-refractivity contribution in [2.24, 2.45) is 0 Å². The predicted octanol–water partition coefficient (Wildman–Crippen LogP) is 3.40. The molecular weight excluding hydrogens is 306 g/mol. The van der Waals surface area contributed by atoms with Crippen molar-refractivity contribution in [2.75, 3.05) is 25.1 Å². The van der Waals surface area contributed by atoms with Gasteiger partial charge in [-0.1, -0.05) is 24.3 Å². The zero-order chi connectivity index (χ0) is 16.3. The molecule has 3 nitrogen and oxygen atoms in total. The van der Waals surface area contributed by atoms with Crippen LogP contribution in [0.25, 0.3) is 0 Å². The van der Waals surface area contributed by atoms with Gasteiger partial charge in [0.1, 0.15) is 9.84 Å². The van der Waals surface area contributed by atoms with Gasteiger partial charge in [-0.2, -0.15) is 0 Å². The van der Waals surface area contributed by atoms with Crippen molar-refractivity contribution in [1.29, 1.82) is 0 Å². The van der Waals surface area contributed by atoms with Gasteiger partial charge < -0.3 is 0 Å². The van der Waals surface area contributed by atoms with Crippen molar-refractivity contribution in [3.63, 3.8) is 0 Å². The monoisotopic (exact) mass is 335 g/mol. The van der Waals surface area contributed by atoms with Gasteiger partial charge in [0.2, 0.25) is 0 Å². The molecule has 0 aromatic heterocycles. The summed E-state index contributed by atoms with van der Waals surface area (Å²) in [5.41, 5.74) is 3.12. The van der Waals surface area contributed by atoms with Crippen LogP contribution in [0.1, 0.15) is 55.6 Å². The lowest BCUT2D eigenvalue weighted by Gasteiger charge is -2.35. The van der Waals surface area contributed by atoms with Gasteiger partial charge in [0, 0.05) is 18.1 Å². The molecule has 4 heteroatoms. The van der Waals surface area contributed by atoms with E-state index in [1.165, 1.54) is 44.9 Å². The summed E-state index contributed by atoms with van der Waals surface area (Å²) in [4.78, 5) is 2.63. The SMILES string of the molecule is CS(=O)(=O)CCCCN1CCC[C@H]1[C@H]1CCCc2ccccc21. The maximum absolute atomic E-state index is 11.3. The molecule has 1 aromatic carbocycles. The largest absolute Gasteiger partial charge is 0.300 e. The maximum Gasteiger partial charge on any atom is 0.147 e. The molecule has 0 bridgehead atoms. The van der Waals surface area contributed by atoms with Crippen LogP contribution in [-0.2, 0) is 16.3 Å². The summed E-state index contributed by atoms with van der Waals surface area (Å²) in [6, 6.07) is 9.64. The molecule has 1 aliphatic heterocycles. The molecule has 0 spiro atoms. The molecule has 2 aliphatic rings. The molecule has 128 valence electrons. The van der Waals surface area contributed by atoms with Crippen molar-refractivity contribution in [2.45, 2.75) is 56.9 Å². The molecule has 1 aromatic rings. The van der Waals surface area contributed by atoms with E-state index in [2.05, 4.69) is 29.2 Å². The summed E-state index contributed by atoms with van der Waals surface area (Å²) in [5, 5.41) is 0. The Morgan fingerprint density at radius 2 is 1.96 bits per heavy atom. The molecule has 23 heavy (non-hydrogen) atoms. The maximum atomic E-state index is 11.3. The van der Waals surface area contributed by atoms with E-state index in [0.717, 1.165) is 19.4 Å². The second-order valence-electron chi connectivity index (χ2n) is 7.28. The minimum atomic E-state index is -2.81. The fourth-order valence-corrected chi connectivity index (χ4v) is 5.18. The molecule has 0 N–H and O–H groups in total. The molecule has 0 radical (unpaired) electrons. The van der Waals surface area contributed by atoms with Crippen LogP contribution < -0.4 is 0 Å². The first kappa shape index (κ1) is 17.0. The number of sulfone groups is 1. The molecule has 1 saturated heterocycles. The average Bonchev–Trinajstić information content (AvgIpc) is 2.98. The topological polar surface area (TPSA) is 37.4 Å². The first-order chi connectivity index (χ1) is 11.0. The number of hydrogen-bond donors (Lipinski definition) is 0. The fraction of sp³-hybridized carbons (Fsp3) is 0.684. The summed E-state index contributed by atoms with van der Waals surface area (Å²) in [7, 11) is -2.81. The summed E-state index contributed by atoms with van der Waals surface area (Å²) < 4.78 is 22.5. The first-order valence-corrected chi connectivity index (χ1v) is 11.1. The molecule has 1 heterocycles. The predicted molar refractivity (Wildman–Crippen MR) is 95.7 cm³/mol. The molecule has 1 fully saturated rings. The molecule has 1 aliphatic carbocycles. The standard InChI is InChI=1S/C19H29NO2S/c1-23(21,22)15-5-4-13-20-14-7-12-19(20)18-11-6-9-16-8-2-3-10-17(16)18/h2-3,8,10,18-19H,4-7,9,11-15H2,1H3/t18-,19-/m0/s1. The molecule has 0 saturated carbocycles. The quantitative estimate of drug-likeness (QED) is 0.748. The highest BCUT2D eigenvalue weighted by molar-refractivity contribution is 7.90. The number of hydrogen-bond acceptors (Lipinski definition) is 3. The number of likely N-dealkylation sites (tertiary alicyclic amines) is 1. The molecule has 0 unspecified atom stereocenters. The van der Waals surface area contributed by atoms with Gasteiger partial charge in [0.15, 0.2) is 0 Å². The van der Waals surface area contributed by atoms with Gasteiger partial charge in [0.05, 0.1) is 0 Å². The Morgan fingerprint density at radius 1 is 1.13 bits per heavy atom. The normalized spacial score (nSPS) is 25.4. The summed E-state index contributed by atoms with van der Waals surface area (Å²) in [6.45, 7) is 2.24. The van der Waals surface area contributed by atoms with E-state index in [0.29, 0.717) is 17.7 Å². The number of unbranched alkanes of at least 4 members (excludes halogenated alkanes) is 1. The molecule has 2 atom stereocenters. The number of fused-ring (bicyclic) bond motifs is 1. The molecular formula is C19H29NO2S. The summed E-state index contributed by atoms with van der Waals surface area (Å²) in [6.07, 6.45) is 9.56. The van der Waals surface area contributed by atoms with Gasteiger partial charge >= 0.3 is 0 Å². The number of rotatable bonds is 6. The molecule has 3 rings (SSSR count). The highest BCUT2D eigenvalue weighted by atomic mass is 32.2. The van der Waals surface area contributed by atoms with Crippen LogP contribution in [0.3, 0.4) is 0 Å². The van der Waals surface area contributed by atoms with E-state index >= 15 is 0 Å². The average molecular weight is 336 g/mol. The molecule has 0 amide bonds. The smallest absolute Gasteiger partial charge is 0.147 e. The van der Waals surface area contributed by atoms with E-state index in [4.69, 9.17) is 0 Å². The number of aryl methyl sites for hydroxylation is 1. The van der Waals surface area contributed by atoms with Crippen molar-refractivity contribution in [3.8, 4) is 0 Å². The van der Waals surface area contributed by atoms with E-state index in [-0.39, 0.29) is 0 Å². The van der Waals surface area contributed by atoms with Crippen molar-refractivity contribution >= 4 is 9.84 Å². The second kappa shape index (κ2) is 7.35. The number of benzene rings is 1. The third-order valence-corrected chi connectivity index (χ3v) is 6.54.